The van der Waals surface area contributed by atoms with Gasteiger partial charge in [0.25, 0.3) is 10.0 Å². The zero-order chi connectivity index (χ0) is 13.4. The van der Waals surface area contributed by atoms with Crippen molar-refractivity contribution in [2.45, 2.75) is 16.2 Å². The fourth-order valence-electron chi connectivity index (χ4n) is 1.61. The molecule has 0 amide bonds. The Labute approximate surface area is 113 Å². The van der Waals surface area contributed by atoms with E-state index in [1.165, 1.54) is 12.1 Å². The second-order valence-electron chi connectivity index (χ2n) is 3.85. The van der Waals surface area contributed by atoms with E-state index in [4.69, 9.17) is 21.4 Å². The monoisotopic (exact) mass is 311 g/mol. The van der Waals surface area contributed by atoms with Crippen molar-refractivity contribution in [2.75, 3.05) is 13.2 Å². The number of carboxylic acid groups (broad SMARTS) is 1. The van der Waals surface area contributed by atoms with Crippen molar-refractivity contribution in [3.8, 4) is 0 Å². The van der Waals surface area contributed by atoms with E-state index in [1.54, 1.807) is 0 Å². The van der Waals surface area contributed by atoms with Crippen LogP contribution >= 0.6 is 22.9 Å². The third-order valence-electron chi connectivity index (χ3n) is 2.57. The first-order valence-electron chi connectivity index (χ1n) is 4.96. The maximum absolute atomic E-state index is 12.0. The number of thiophene rings is 1. The Hall–Kier alpha value is -0.670. The topological polar surface area (TPSA) is 92.7 Å². The van der Waals surface area contributed by atoms with Crippen LogP contribution in [-0.2, 0) is 19.6 Å². The van der Waals surface area contributed by atoms with Crippen LogP contribution in [0.25, 0.3) is 0 Å². The van der Waals surface area contributed by atoms with Crippen molar-refractivity contribution in [1.82, 2.24) is 4.72 Å². The lowest BCUT2D eigenvalue weighted by atomic mass is 10.0. The molecule has 18 heavy (non-hydrogen) atoms. The Morgan fingerprint density at radius 3 is 2.72 bits per heavy atom. The standard InChI is InChI=1S/C9H10ClNO5S2/c10-6-1-2-7(17-6)18(14,15)11-9(8(12)13)3-4-16-5-9/h1-2,11H,3-5H2,(H,12,13). The molecule has 0 aromatic carbocycles. The van der Waals surface area contributed by atoms with E-state index in [2.05, 4.69) is 4.72 Å². The Bertz CT molecular complexity index is 561. The summed E-state index contributed by atoms with van der Waals surface area (Å²) in [5, 5.41) is 9.15. The highest BCUT2D eigenvalue weighted by Gasteiger charge is 2.46. The van der Waals surface area contributed by atoms with E-state index in [-0.39, 0.29) is 23.8 Å². The van der Waals surface area contributed by atoms with Crippen LogP contribution in [0.2, 0.25) is 4.34 Å². The molecule has 1 aliphatic heterocycles. The number of halogens is 1. The van der Waals surface area contributed by atoms with Crippen LogP contribution in [-0.4, -0.2) is 38.2 Å². The maximum Gasteiger partial charge on any atom is 0.327 e. The Morgan fingerprint density at radius 1 is 1.56 bits per heavy atom. The van der Waals surface area contributed by atoms with E-state index in [9.17, 15) is 13.2 Å². The van der Waals surface area contributed by atoms with Gasteiger partial charge in [0.05, 0.1) is 10.9 Å². The molecule has 1 fully saturated rings. The fourth-order valence-corrected chi connectivity index (χ4v) is 4.47. The number of aliphatic carboxylic acids is 1. The van der Waals surface area contributed by atoms with Crippen LogP contribution in [0.3, 0.4) is 0 Å². The SMILES string of the molecule is O=C(O)C1(NS(=O)(=O)c2ccc(Cl)s2)CCOC1. The Kier molecular flexibility index (Phi) is 3.65. The lowest BCUT2D eigenvalue weighted by Gasteiger charge is -2.22. The first-order chi connectivity index (χ1) is 8.36. The molecule has 0 aliphatic carbocycles. The summed E-state index contributed by atoms with van der Waals surface area (Å²) < 4.78 is 31.5. The summed E-state index contributed by atoms with van der Waals surface area (Å²) in [4.78, 5) is 11.2. The lowest BCUT2D eigenvalue weighted by molar-refractivity contribution is -0.144. The molecule has 0 bridgehead atoms. The molecule has 0 spiro atoms. The number of nitrogens with one attached hydrogen (secondary N) is 1. The van der Waals surface area contributed by atoms with Crippen LogP contribution in [0.5, 0.6) is 0 Å². The van der Waals surface area contributed by atoms with Crippen molar-refractivity contribution >= 4 is 38.9 Å². The maximum atomic E-state index is 12.0. The first kappa shape index (κ1) is 13.8. The number of carboxylic acids is 1. The van der Waals surface area contributed by atoms with Crippen molar-refractivity contribution in [3.63, 3.8) is 0 Å². The lowest BCUT2D eigenvalue weighted by Crippen LogP contribution is -2.54. The molecule has 2 N–H and O–H groups in total. The number of ether oxygens (including phenoxy) is 1. The Morgan fingerprint density at radius 2 is 2.28 bits per heavy atom. The number of hydrogen-bond donors (Lipinski definition) is 2. The molecule has 6 nitrogen and oxygen atoms in total. The van der Waals surface area contributed by atoms with Gasteiger partial charge < -0.3 is 9.84 Å². The summed E-state index contributed by atoms with van der Waals surface area (Å²) in [6.07, 6.45) is 0.0979. The molecule has 2 heterocycles. The Balaban J connectivity index is 2.29. The summed E-state index contributed by atoms with van der Waals surface area (Å²) in [6, 6.07) is 2.78. The molecule has 9 heteroatoms. The van der Waals surface area contributed by atoms with E-state index >= 15 is 0 Å². The van der Waals surface area contributed by atoms with Gasteiger partial charge in [0.1, 0.15) is 4.21 Å². The predicted molar refractivity (Wildman–Crippen MR) is 65.5 cm³/mol. The van der Waals surface area contributed by atoms with Gasteiger partial charge in [-0.05, 0) is 12.1 Å². The minimum atomic E-state index is -3.90. The van der Waals surface area contributed by atoms with Gasteiger partial charge in [0.15, 0.2) is 5.54 Å². The molecule has 1 aliphatic rings. The number of carbonyl (C=O) groups is 1. The molecule has 1 aromatic rings. The summed E-state index contributed by atoms with van der Waals surface area (Å²) in [5.41, 5.74) is -1.59. The normalized spacial score (nSPS) is 24.3. The second kappa shape index (κ2) is 4.78. The number of sulfonamides is 1. The van der Waals surface area contributed by atoms with Crippen molar-refractivity contribution in [1.29, 1.82) is 0 Å². The molecule has 1 unspecified atom stereocenters. The molecule has 100 valence electrons. The third-order valence-corrected chi connectivity index (χ3v) is 5.83. The molecule has 2 rings (SSSR count). The van der Waals surface area contributed by atoms with Crippen molar-refractivity contribution in [2.24, 2.45) is 0 Å². The molecule has 0 saturated carbocycles. The number of hydrogen-bond acceptors (Lipinski definition) is 5. The van der Waals surface area contributed by atoms with E-state index < -0.39 is 21.5 Å². The average molecular weight is 312 g/mol. The summed E-state index contributed by atoms with van der Waals surface area (Å²) in [6.45, 7) is 0.0285. The largest absolute Gasteiger partial charge is 0.480 e. The highest BCUT2D eigenvalue weighted by atomic mass is 35.5. The van der Waals surface area contributed by atoms with Crippen LogP contribution in [0.1, 0.15) is 6.42 Å². The fraction of sp³-hybridized carbons (Fsp3) is 0.444. The average Bonchev–Trinajstić information content (AvgIpc) is 2.87. The minimum absolute atomic E-state index is 0.0139. The van der Waals surface area contributed by atoms with Crippen LogP contribution in [0.4, 0.5) is 0 Å². The van der Waals surface area contributed by atoms with Gasteiger partial charge in [-0.15, -0.1) is 11.3 Å². The molecule has 1 saturated heterocycles. The van der Waals surface area contributed by atoms with E-state index in [0.29, 0.717) is 4.34 Å². The highest BCUT2D eigenvalue weighted by Crippen LogP contribution is 2.28. The van der Waals surface area contributed by atoms with Crippen LogP contribution in [0, 0.1) is 0 Å². The molecular formula is C9H10ClNO5S2. The van der Waals surface area contributed by atoms with Gasteiger partial charge >= 0.3 is 5.97 Å². The summed E-state index contributed by atoms with van der Waals surface area (Å²) >= 11 is 6.54. The molecular weight excluding hydrogens is 302 g/mol. The summed E-state index contributed by atoms with van der Waals surface area (Å²) in [5.74, 6) is -1.24. The van der Waals surface area contributed by atoms with Crippen molar-refractivity contribution < 1.29 is 23.1 Å². The van der Waals surface area contributed by atoms with Crippen LogP contribution < -0.4 is 4.72 Å². The van der Waals surface area contributed by atoms with Gasteiger partial charge in [0.2, 0.25) is 0 Å². The second-order valence-corrected chi connectivity index (χ2v) is 7.48. The van der Waals surface area contributed by atoms with E-state index in [1.807, 2.05) is 0 Å². The molecule has 1 atom stereocenters. The van der Waals surface area contributed by atoms with Gasteiger partial charge in [-0.3, -0.25) is 4.79 Å². The quantitative estimate of drug-likeness (QED) is 0.862. The van der Waals surface area contributed by atoms with Gasteiger partial charge in [-0.25, -0.2) is 8.42 Å². The zero-order valence-electron chi connectivity index (χ0n) is 9.05. The van der Waals surface area contributed by atoms with E-state index in [0.717, 1.165) is 11.3 Å². The number of rotatable bonds is 4. The third kappa shape index (κ3) is 2.52. The predicted octanol–water partition coefficient (Wildman–Crippen LogP) is 0.923. The first-order valence-corrected chi connectivity index (χ1v) is 7.64. The molecule has 1 aromatic heterocycles. The minimum Gasteiger partial charge on any atom is -0.480 e. The van der Waals surface area contributed by atoms with Crippen molar-refractivity contribution in [3.05, 3.63) is 16.5 Å². The summed E-state index contributed by atoms with van der Waals surface area (Å²) in [7, 11) is -3.90. The van der Waals surface area contributed by atoms with Gasteiger partial charge in [0, 0.05) is 13.0 Å². The van der Waals surface area contributed by atoms with Crippen LogP contribution in [0.15, 0.2) is 16.3 Å². The highest BCUT2D eigenvalue weighted by molar-refractivity contribution is 7.91. The zero-order valence-corrected chi connectivity index (χ0v) is 11.4. The smallest absolute Gasteiger partial charge is 0.327 e. The molecule has 0 radical (unpaired) electrons. The van der Waals surface area contributed by atoms with Gasteiger partial charge in [-0.1, -0.05) is 11.6 Å². The van der Waals surface area contributed by atoms with Gasteiger partial charge in [-0.2, -0.15) is 4.72 Å².